The number of nitrogens with two attached hydrogens (primary N) is 3. The highest BCUT2D eigenvalue weighted by molar-refractivity contribution is 6.41. The van der Waals surface area contributed by atoms with E-state index in [1.807, 2.05) is 30.3 Å². The van der Waals surface area contributed by atoms with Crippen molar-refractivity contribution in [3.63, 3.8) is 0 Å². The fourth-order valence-corrected chi connectivity index (χ4v) is 5.43. The summed E-state index contributed by atoms with van der Waals surface area (Å²) in [6.45, 7) is 0.220. The average Bonchev–Trinajstić information content (AvgIpc) is 3.00. The molecular formula is C30H40Cl2N8O4. The van der Waals surface area contributed by atoms with Crippen LogP contribution in [0.4, 0.5) is 0 Å². The quantitative estimate of drug-likeness (QED) is 0.0734. The van der Waals surface area contributed by atoms with Gasteiger partial charge in [0.25, 0.3) is 5.91 Å². The Morgan fingerprint density at radius 2 is 1.57 bits per heavy atom. The van der Waals surface area contributed by atoms with E-state index in [4.69, 9.17) is 40.4 Å². The largest absolute Gasteiger partial charge is 0.370 e. The Hall–Kier alpha value is -3.90. The van der Waals surface area contributed by atoms with Crippen LogP contribution >= 0.6 is 23.2 Å². The molecule has 0 saturated heterocycles. The maximum absolute atomic E-state index is 13.7. The van der Waals surface area contributed by atoms with Crippen LogP contribution < -0.4 is 33.2 Å². The number of guanidine groups is 1. The van der Waals surface area contributed by atoms with Crippen molar-refractivity contribution < 1.29 is 19.2 Å². The molecule has 1 aliphatic rings. The van der Waals surface area contributed by atoms with E-state index in [-0.39, 0.29) is 47.0 Å². The fraction of sp³-hybridized carbons (Fsp3) is 0.467. The molecule has 0 radical (unpaired) electrons. The third-order valence-corrected chi connectivity index (χ3v) is 8.18. The molecule has 44 heavy (non-hydrogen) atoms. The molecular weight excluding hydrogens is 607 g/mol. The van der Waals surface area contributed by atoms with E-state index in [1.165, 1.54) is 12.3 Å². The smallest absolute Gasteiger partial charge is 0.253 e. The number of pyridine rings is 1. The third-order valence-electron chi connectivity index (χ3n) is 7.49. The first kappa shape index (κ1) is 34.6. The molecule has 1 aliphatic carbocycles. The number of aliphatic imine (C=N–C) groups is 1. The van der Waals surface area contributed by atoms with Crippen LogP contribution in [-0.2, 0) is 20.8 Å². The molecule has 12 nitrogen and oxygen atoms in total. The molecule has 0 unspecified atom stereocenters. The molecule has 1 aromatic carbocycles. The minimum atomic E-state index is -1.06. The Kier molecular flexibility index (Phi) is 13.7. The molecule has 1 fully saturated rings. The summed E-state index contributed by atoms with van der Waals surface area (Å²) < 4.78 is 0. The fourth-order valence-electron chi connectivity index (χ4n) is 5.16. The first-order valence-electron chi connectivity index (χ1n) is 14.6. The number of amides is 4. The van der Waals surface area contributed by atoms with Gasteiger partial charge in [-0.25, -0.2) is 4.98 Å². The van der Waals surface area contributed by atoms with Crippen LogP contribution in [0.25, 0.3) is 0 Å². The van der Waals surface area contributed by atoms with Gasteiger partial charge in [0.05, 0.1) is 10.6 Å². The highest BCUT2D eigenvalue weighted by Gasteiger charge is 2.31. The predicted molar refractivity (Wildman–Crippen MR) is 170 cm³/mol. The molecule has 9 N–H and O–H groups in total. The van der Waals surface area contributed by atoms with E-state index in [0.29, 0.717) is 12.8 Å². The van der Waals surface area contributed by atoms with Gasteiger partial charge in [0, 0.05) is 19.2 Å². The van der Waals surface area contributed by atoms with Crippen molar-refractivity contribution in [2.45, 2.75) is 75.9 Å². The molecule has 4 amide bonds. The zero-order valence-electron chi connectivity index (χ0n) is 24.4. The summed E-state index contributed by atoms with van der Waals surface area (Å²) in [5.41, 5.74) is 17.4. The Morgan fingerprint density at radius 1 is 0.909 bits per heavy atom. The molecule has 3 atom stereocenters. The summed E-state index contributed by atoms with van der Waals surface area (Å²) >= 11 is 12.0. The summed E-state index contributed by atoms with van der Waals surface area (Å²) in [6.07, 6.45) is 7.39. The van der Waals surface area contributed by atoms with Gasteiger partial charge in [-0.15, -0.1) is 0 Å². The van der Waals surface area contributed by atoms with Crippen molar-refractivity contribution in [2.75, 3.05) is 6.54 Å². The minimum absolute atomic E-state index is 0.0517. The van der Waals surface area contributed by atoms with Gasteiger partial charge in [0.15, 0.2) is 5.96 Å². The van der Waals surface area contributed by atoms with Crippen molar-refractivity contribution in [2.24, 2.45) is 28.1 Å². The first-order valence-corrected chi connectivity index (χ1v) is 15.4. The van der Waals surface area contributed by atoms with Crippen molar-refractivity contribution in [3.8, 4) is 0 Å². The summed E-state index contributed by atoms with van der Waals surface area (Å²) in [4.78, 5) is 60.5. The van der Waals surface area contributed by atoms with Gasteiger partial charge < -0.3 is 33.2 Å². The van der Waals surface area contributed by atoms with Gasteiger partial charge in [-0.2, -0.15) is 0 Å². The normalized spacial score (nSPS) is 15.3. The average molecular weight is 648 g/mol. The van der Waals surface area contributed by atoms with E-state index in [2.05, 4.69) is 25.9 Å². The molecule has 1 aromatic heterocycles. The Labute approximate surface area is 266 Å². The van der Waals surface area contributed by atoms with Crippen LogP contribution in [0.1, 0.15) is 67.3 Å². The van der Waals surface area contributed by atoms with E-state index in [9.17, 15) is 19.2 Å². The van der Waals surface area contributed by atoms with Crippen LogP contribution in [0.15, 0.2) is 47.6 Å². The summed E-state index contributed by atoms with van der Waals surface area (Å²) in [6, 6.07) is 7.45. The molecule has 238 valence electrons. The van der Waals surface area contributed by atoms with E-state index in [0.717, 1.165) is 37.7 Å². The van der Waals surface area contributed by atoms with Crippen molar-refractivity contribution >= 4 is 52.8 Å². The van der Waals surface area contributed by atoms with Crippen LogP contribution in [0.2, 0.25) is 10.2 Å². The zero-order valence-corrected chi connectivity index (χ0v) is 25.9. The minimum Gasteiger partial charge on any atom is -0.370 e. The summed E-state index contributed by atoms with van der Waals surface area (Å²) in [7, 11) is 0. The number of carbonyl (C=O) groups excluding carboxylic acids is 4. The van der Waals surface area contributed by atoms with Crippen LogP contribution in [0, 0.1) is 5.92 Å². The lowest BCUT2D eigenvalue weighted by Crippen LogP contribution is -2.57. The van der Waals surface area contributed by atoms with Crippen LogP contribution in [-0.4, -0.2) is 59.2 Å². The van der Waals surface area contributed by atoms with Crippen LogP contribution in [0.5, 0.6) is 0 Å². The molecule has 3 rings (SSSR count). The second-order valence-electron chi connectivity index (χ2n) is 10.9. The van der Waals surface area contributed by atoms with Crippen molar-refractivity contribution in [1.82, 2.24) is 20.9 Å². The van der Waals surface area contributed by atoms with Crippen molar-refractivity contribution in [1.29, 1.82) is 0 Å². The van der Waals surface area contributed by atoms with E-state index < -0.39 is 41.8 Å². The number of halogens is 2. The summed E-state index contributed by atoms with van der Waals surface area (Å²) in [5.74, 6) is -2.30. The molecule has 1 saturated carbocycles. The number of nitrogens with zero attached hydrogens (tertiary/aromatic N) is 2. The van der Waals surface area contributed by atoms with Crippen LogP contribution in [0.3, 0.4) is 0 Å². The lowest BCUT2D eigenvalue weighted by molar-refractivity contribution is -0.132. The molecule has 0 aliphatic heterocycles. The standard InChI is InChI=1S/C30H40Cl2N8O4/c31-21-16-20(17-37-25(21)32)27(42)40-24(15-19-10-5-2-6-11-19)29(44)38-22(12-7-13-36-30(34)35)28(43)39-23(26(33)41)14-18-8-3-1-4-9-18/h1,3-4,8-9,16-17,19,22-24H,2,5-7,10-15H2,(H2,33,41)(H,38,44)(H,39,43)(H,40,42)(H4,34,35,36)/t22-,23-,24-/m0/s1. The number of benzene rings is 1. The monoisotopic (exact) mass is 646 g/mol. The molecule has 0 spiro atoms. The van der Waals surface area contributed by atoms with E-state index in [1.54, 1.807) is 0 Å². The Morgan fingerprint density at radius 3 is 2.20 bits per heavy atom. The van der Waals surface area contributed by atoms with Gasteiger partial charge in [-0.1, -0.05) is 85.6 Å². The number of nitrogens with one attached hydrogen (secondary N) is 3. The van der Waals surface area contributed by atoms with Crippen molar-refractivity contribution in [3.05, 3.63) is 63.9 Å². The number of hydrogen-bond acceptors (Lipinski definition) is 6. The SMILES string of the molecule is NC(=O)[C@H](Cc1ccccc1)NC(=O)[C@H](CCCN=C(N)N)NC(=O)[C@H](CC1CCCCC1)NC(=O)c1cnc(Cl)c(Cl)c1. The highest BCUT2D eigenvalue weighted by Crippen LogP contribution is 2.28. The number of carbonyl (C=O) groups is 4. The molecule has 0 bridgehead atoms. The third kappa shape index (κ3) is 11.3. The number of primary amides is 1. The number of rotatable bonds is 15. The molecule has 1 heterocycles. The lowest BCUT2D eigenvalue weighted by Gasteiger charge is -2.28. The Bertz CT molecular complexity index is 1320. The maximum atomic E-state index is 13.7. The van der Waals surface area contributed by atoms with Gasteiger partial charge in [0.1, 0.15) is 23.3 Å². The predicted octanol–water partition coefficient (Wildman–Crippen LogP) is 2.21. The number of aromatic nitrogens is 1. The molecule has 2 aromatic rings. The van der Waals surface area contributed by atoms with Gasteiger partial charge in [0.2, 0.25) is 17.7 Å². The second-order valence-corrected chi connectivity index (χ2v) is 11.7. The maximum Gasteiger partial charge on any atom is 0.253 e. The lowest BCUT2D eigenvalue weighted by atomic mass is 9.84. The molecule has 14 heteroatoms. The highest BCUT2D eigenvalue weighted by atomic mass is 35.5. The zero-order chi connectivity index (χ0) is 32.1. The van der Waals surface area contributed by atoms with Gasteiger partial charge in [-0.05, 0) is 36.8 Å². The van der Waals surface area contributed by atoms with E-state index >= 15 is 0 Å². The number of hydrogen-bond donors (Lipinski definition) is 6. The second kappa shape index (κ2) is 17.4. The topological polar surface area (TPSA) is 208 Å². The van der Waals surface area contributed by atoms with Gasteiger partial charge >= 0.3 is 0 Å². The first-order chi connectivity index (χ1) is 21.0. The Balaban J connectivity index is 1.79. The van der Waals surface area contributed by atoms with Gasteiger partial charge in [-0.3, -0.25) is 24.2 Å². The summed E-state index contributed by atoms with van der Waals surface area (Å²) in [5, 5.41) is 8.42.